The van der Waals surface area contributed by atoms with Gasteiger partial charge in [0.05, 0.1) is 6.61 Å². The number of aromatic hydroxyl groups is 1. The quantitative estimate of drug-likeness (QED) is 0.570. The second kappa shape index (κ2) is 10.4. The van der Waals surface area contributed by atoms with Gasteiger partial charge >= 0.3 is 12.1 Å². The van der Waals surface area contributed by atoms with Crippen molar-refractivity contribution in [3.05, 3.63) is 23.8 Å². The van der Waals surface area contributed by atoms with Crippen LogP contribution in [0, 0.1) is 0 Å². The van der Waals surface area contributed by atoms with Crippen LogP contribution in [0.2, 0.25) is 0 Å². The molecule has 0 atom stereocenters. The second-order valence-electron chi connectivity index (χ2n) is 4.97. The zero-order chi connectivity index (χ0) is 17.1. The largest absolute Gasteiger partial charge is 0.507 e. The number of carboxylic acids is 1. The van der Waals surface area contributed by atoms with Gasteiger partial charge in [0, 0.05) is 18.4 Å². The minimum Gasteiger partial charge on any atom is -0.507 e. The van der Waals surface area contributed by atoms with Crippen molar-refractivity contribution in [2.45, 2.75) is 32.6 Å². The molecule has 0 fully saturated rings. The molecule has 7 nitrogen and oxygen atoms in total. The van der Waals surface area contributed by atoms with Crippen LogP contribution in [0.25, 0.3) is 0 Å². The van der Waals surface area contributed by atoms with E-state index in [4.69, 9.17) is 14.6 Å². The molecule has 0 aliphatic carbocycles. The summed E-state index contributed by atoms with van der Waals surface area (Å²) in [5, 5.41) is 20.7. The molecule has 0 saturated carbocycles. The lowest BCUT2D eigenvalue weighted by Gasteiger charge is -2.08. The lowest BCUT2D eigenvalue weighted by atomic mass is 10.2. The van der Waals surface area contributed by atoms with E-state index in [2.05, 4.69) is 12.2 Å². The van der Waals surface area contributed by atoms with E-state index in [1.165, 1.54) is 25.0 Å². The smallest absolute Gasteiger partial charge is 0.411 e. The van der Waals surface area contributed by atoms with Crippen molar-refractivity contribution >= 4 is 17.7 Å². The molecule has 1 aromatic carbocycles. The number of ether oxygens (including phenoxy) is 2. The summed E-state index contributed by atoms with van der Waals surface area (Å²) in [5.74, 6) is -1.67. The van der Waals surface area contributed by atoms with Crippen LogP contribution in [-0.4, -0.2) is 42.1 Å². The second-order valence-corrected chi connectivity index (χ2v) is 4.97. The molecule has 0 aromatic heterocycles. The zero-order valence-electron chi connectivity index (χ0n) is 13.2. The van der Waals surface area contributed by atoms with Crippen molar-refractivity contribution in [3.63, 3.8) is 0 Å². The van der Waals surface area contributed by atoms with Gasteiger partial charge < -0.3 is 19.7 Å². The SMILES string of the molecule is CCCCCCOCCOC(=O)Nc1ccc(C(=O)O)c(O)c1. The van der Waals surface area contributed by atoms with E-state index < -0.39 is 17.8 Å². The maximum Gasteiger partial charge on any atom is 0.411 e. The van der Waals surface area contributed by atoms with Gasteiger partial charge in [-0.2, -0.15) is 0 Å². The molecule has 0 radical (unpaired) electrons. The lowest BCUT2D eigenvalue weighted by molar-refractivity contribution is 0.0693. The number of carbonyl (C=O) groups is 2. The predicted molar refractivity (Wildman–Crippen MR) is 85.0 cm³/mol. The minimum atomic E-state index is -1.24. The first kappa shape index (κ1) is 18.8. The van der Waals surface area contributed by atoms with Gasteiger partial charge in [-0.05, 0) is 18.6 Å². The predicted octanol–water partition coefficient (Wildman–Crippen LogP) is 3.24. The van der Waals surface area contributed by atoms with Crippen LogP contribution < -0.4 is 5.32 Å². The van der Waals surface area contributed by atoms with Gasteiger partial charge in [0.2, 0.25) is 0 Å². The summed E-state index contributed by atoms with van der Waals surface area (Å²) in [6.45, 7) is 3.24. The van der Waals surface area contributed by atoms with Crippen LogP contribution in [0.1, 0.15) is 43.0 Å². The fourth-order valence-corrected chi connectivity index (χ4v) is 1.87. The summed E-state index contributed by atoms with van der Waals surface area (Å²) in [4.78, 5) is 22.3. The van der Waals surface area contributed by atoms with Gasteiger partial charge in [-0.1, -0.05) is 26.2 Å². The molecule has 1 amide bonds. The molecule has 1 aromatic rings. The maximum atomic E-state index is 11.5. The number of unbranched alkanes of at least 4 members (excludes halogenated alkanes) is 3. The molecule has 0 saturated heterocycles. The third-order valence-electron chi connectivity index (χ3n) is 3.08. The average Bonchev–Trinajstić information content (AvgIpc) is 2.49. The van der Waals surface area contributed by atoms with Crippen molar-refractivity contribution < 1.29 is 29.3 Å². The van der Waals surface area contributed by atoms with Crippen LogP contribution >= 0.6 is 0 Å². The molecule has 0 spiro atoms. The number of carboxylic acid groups (broad SMARTS) is 1. The highest BCUT2D eigenvalue weighted by atomic mass is 16.6. The first-order valence-corrected chi connectivity index (χ1v) is 7.62. The Labute approximate surface area is 135 Å². The van der Waals surface area contributed by atoms with Crippen LogP contribution in [0.4, 0.5) is 10.5 Å². The first-order chi connectivity index (χ1) is 11.0. The summed E-state index contributed by atoms with van der Waals surface area (Å²) < 4.78 is 10.2. The maximum absolute atomic E-state index is 11.5. The number of anilines is 1. The number of amides is 1. The van der Waals surface area contributed by atoms with Crippen LogP contribution in [0.15, 0.2) is 18.2 Å². The van der Waals surface area contributed by atoms with E-state index in [0.717, 1.165) is 18.9 Å². The Hall–Kier alpha value is -2.28. The standard InChI is InChI=1S/C16H23NO6/c1-2-3-4-5-8-22-9-10-23-16(21)17-12-6-7-13(15(19)20)14(18)11-12/h6-7,11,18H,2-5,8-10H2,1H3,(H,17,21)(H,19,20). The Morgan fingerprint density at radius 2 is 1.91 bits per heavy atom. The van der Waals surface area contributed by atoms with E-state index in [1.54, 1.807) is 0 Å². The Morgan fingerprint density at radius 1 is 1.13 bits per heavy atom. The molecule has 3 N–H and O–H groups in total. The van der Waals surface area contributed by atoms with Crippen molar-refractivity contribution in [2.24, 2.45) is 0 Å². The van der Waals surface area contributed by atoms with Crippen molar-refractivity contribution in [2.75, 3.05) is 25.1 Å². The van der Waals surface area contributed by atoms with E-state index in [-0.39, 0.29) is 17.9 Å². The van der Waals surface area contributed by atoms with Gasteiger partial charge in [-0.15, -0.1) is 0 Å². The number of nitrogens with one attached hydrogen (secondary N) is 1. The van der Waals surface area contributed by atoms with Crippen molar-refractivity contribution in [1.29, 1.82) is 0 Å². The lowest BCUT2D eigenvalue weighted by Crippen LogP contribution is -2.17. The van der Waals surface area contributed by atoms with Gasteiger partial charge in [-0.3, -0.25) is 5.32 Å². The van der Waals surface area contributed by atoms with E-state index in [9.17, 15) is 14.7 Å². The van der Waals surface area contributed by atoms with E-state index in [1.807, 2.05) is 0 Å². The molecular weight excluding hydrogens is 302 g/mol. The van der Waals surface area contributed by atoms with Gasteiger partial charge in [0.1, 0.15) is 17.9 Å². The summed E-state index contributed by atoms with van der Waals surface area (Å²) in [6.07, 6.45) is 3.80. The molecule has 7 heteroatoms. The molecule has 0 heterocycles. The highest BCUT2D eigenvalue weighted by Crippen LogP contribution is 2.21. The molecule has 1 rings (SSSR count). The monoisotopic (exact) mass is 325 g/mol. The van der Waals surface area contributed by atoms with Gasteiger partial charge in [-0.25, -0.2) is 9.59 Å². The summed E-state index contributed by atoms with van der Waals surface area (Å²) >= 11 is 0. The number of hydrogen-bond acceptors (Lipinski definition) is 5. The van der Waals surface area contributed by atoms with E-state index in [0.29, 0.717) is 13.2 Å². The number of hydrogen-bond donors (Lipinski definition) is 3. The molecular formula is C16H23NO6. The van der Waals surface area contributed by atoms with Crippen molar-refractivity contribution in [1.82, 2.24) is 0 Å². The van der Waals surface area contributed by atoms with Crippen LogP contribution in [0.5, 0.6) is 5.75 Å². The van der Waals surface area contributed by atoms with Crippen LogP contribution in [0.3, 0.4) is 0 Å². The highest BCUT2D eigenvalue weighted by molar-refractivity contribution is 5.92. The number of carbonyl (C=O) groups excluding carboxylic acids is 1. The number of aromatic carboxylic acids is 1. The molecule has 0 unspecified atom stereocenters. The third-order valence-corrected chi connectivity index (χ3v) is 3.08. The topological polar surface area (TPSA) is 105 Å². The van der Waals surface area contributed by atoms with E-state index >= 15 is 0 Å². The summed E-state index contributed by atoms with van der Waals surface area (Å²) in [7, 11) is 0. The highest BCUT2D eigenvalue weighted by Gasteiger charge is 2.11. The summed E-state index contributed by atoms with van der Waals surface area (Å²) in [5.41, 5.74) is 0.0124. The number of phenols is 1. The fourth-order valence-electron chi connectivity index (χ4n) is 1.87. The number of benzene rings is 1. The number of rotatable bonds is 10. The Balaban J connectivity index is 2.21. The average molecular weight is 325 g/mol. The molecule has 0 aliphatic heterocycles. The van der Waals surface area contributed by atoms with Crippen molar-refractivity contribution in [3.8, 4) is 5.75 Å². The van der Waals surface area contributed by atoms with Gasteiger partial charge in [0.15, 0.2) is 0 Å². The van der Waals surface area contributed by atoms with Gasteiger partial charge in [0.25, 0.3) is 0 Å². The third kappa shape index (κ3) is 7.51. The minimum absolute atomic E-state index is 0.124. The Bertz CT molecular complexity index is 517. The summed E-state index contributed by atoms with van der Waals surface area (Å²) in [6, 6.07) is 3.72. The molecule has 0 aliphatic rings. The Morgan fingerprint density at radius 3 is 2.57 bits per heavy atom. The molecule has 128 valence electrons. The first-order valence-electron chi connectivity index (χ1n) is 7.62. The van der Waals surface area contributed by atoms with Crippen LogP contribution in [-0.2, 0) is 9.47 Å². The zero-order valence-corrected chi connectivity index (χ0v) is 13.2. The Kier molecular flexibility index (Phi) is 8.52. The molecule has 0 bridgehead atoms. The normalized spacial score (nSPS) is 10.3. The fraction of sp³-hybridized carbons (Fsp3) is 0.500. The molecule has 23 heavy (non-hydrogen) atoms.